The van der Waals surface area contributed by atoms with Gasteiger partial charge in [-0.2, -0.15) is 13.2 Å². The molecular weight excluding hydrogens is 520 g/mol. The summed E-state index contributed by atoms with van der Waals surface area (Å²) >= 11 is 0. The van der Waals surface area contributed by atoms with Crippen LogP contribution < -0.4 is 15.4 Å². The molecule has 3 N–H and O–H groups in total. The molecule has 0 bridgehead atoms. The van der Waals surface area contributed by atoms with Crippen molar-refractivity contribution in [1.82, 2.24) is 15.4 Å². The van der Waals surface area contributed by atoms with E-state index >= 15 is 0 Å². The summed E-state index contributed by atoms with van der Waals surface area (Å²) in [4.78, 5) is 4.07. The van der Waals surface area contributed by atoms with Gasteiger partial charge in [-0.05, 0) is 37.3 Å². The van der Waals surface area contributed by atoms with Crippen LogP contribution in [0.15, 0.2) is 29.3 Å². The van der Waals surface area contributed by atoms with E-state index in [9.17, 15) is 21.6 Å². The predicted molar refractivity (Wildman–Crippen MR) is 121 cm³/mol. The van der Waals surface area contributed by atoms with Gasteiger partial charge in [0.05, 0.1) is 11.3 Å². The molecule has 1 rings (SSSR count). The SMILES string of the molecule is CCS(=O)(=O)NCCCNC(=NC)NCCC(C)c1cccc(C(F)(F)F)c1.I. The molecule has 29 heavy (non-hydrogen) atoms. The summed E-state index contributed by atoms with van der Waals surface area (Å²) in [6.45, 7) is 4.88. The summed E-state index contributed by atoms with van der Waals surface area (Å²) in [6, 6.07) is 5.38. The molecule has 6 nitrogen and oxygen atoms in total. The Kier molecular flexibility index (Phi) is 12.8. The highest BCUT2D eigenvalue weighted by molar-refractivity contribution is 14.0. The molecule has 0 saturated heterocycles. The average molecular weight is 550 g/mol. The maximum absolute atomic E-state index is 12.8. The van der Waals surface area contributed by atoms with Crippen molar-refractivity contribution in [3.05, 3.63) is 35.4 Å². The van der Waals surface area contributed by atoms with E-state index in [0.717, 1.165) is 6.07 Å². The van der Waals surface area contributed by atoms with Gasteiger partial charge in [-0.1, -0.05) is 25.1 Å². The van der Waals surface area contributed by atoms with E-state index in [0.29, 0.717) is 44.0 Å². The Morgan fingerprint density at radius 3 is 2.41 bits per heavy atom. The molecule has 0 aliphatic rings. The highest BCUT2D eigenvalue weighted by Crippen LogP contribution is 2.31. The van der Waals surface area contributed by atoms with Crippen LogP contribution >= 0.6 is 24.0 Å². The van der Waals surface area contributed by atoms with Crippen LogP contribution in [0.5, 0.6) is 0 Å². The van der Waals surface area contributed by atoms with Gasteiger partial charge in [0.25, 0.3) is 0 Å². The maximum atomic E-state index is 12.8. The molecule has 11 heteroatoms. The van der Waals surface area contributed by atoms with Gasteiger partial charge in [0, 0.05) is 26.7 Å². The number of hydrogen-bond acceptors (Lipinski definition) is 3. The fraction of sp³-hybridized carbons (Fsp3) is 0.611. The number of nitrogens with zero attached hydrogens (tertiary/aromatic N) is 1. The van der Waals surface area contributed by atoms with E-state index in [-0.39, 0.29) is 35.6 Å². The van der Waals surface area contributed by atoms with Gasteiger partial charge in [-0.15, -0.1) is 24.0 Å². The molecule has 1 atom stereocenters. The van der Waals surface area contributed by atoms with Crippen LogP contribution in [0.1, 0.15) is 43.7 Å². The van der Waals surface area contributed by atoms with Crippen molar-refractivity contribution in [3.63, 3.8) is 0 Å². The molecule has 0 aliphatic carbocycles. The first-order valence-electron chi connectivity index (χ1n) is 9.18. The average Bonchev–Trinajstić information content (AvgIpc) is 2.65. The van der Waals surface area contributed by atoms with Crippen LogP contribution in [0.25, 0.3) is 0 Å². The number of sulfonamides is 1. The van der Waals surface area contributed by atoms with Crippen LogP contribution in [0.4, 0.5) is 13.2 Å². The first-order chi connectivity index (χ1) is 13.1. The molecule has 0 heterocycles. The van der Waals surface area contributed by atoms with Crippen molar-refractivity contribution in [3.8, 4) is 0 Å². The minimum absolute atomic E-state index is 0. The van der Waals surface area contributed by atoms with Crippen LogP contribution in [0.2, 0.25) is 0 Å². The standard InChI is InChI=1S/C18H29F3N4O2S.HI/c1-4-28(26,27)25-11-6-10-23-17(22-3)24-12-9-14(2)15-7-5-8-16(13-15)18(19,20)21;/h5,7-8,13-14,25H,4,6,9-12H2,1-3H3,(H2,22,23,24);1H. The van der Waals surface area contributed by atoms with Gasteiger partial charge in [0.2, 0.25) is 10.0 Å². The summed E-state index contributed by atoms with van der Waals surface area (Å²) in [5.74, 6) is 0.569. The zero-order chi connectivity index (χ0) is 21.2. The van der Waals surface area contributed by atoms with Crippen LogP contribution in [-0.4, -0.2) is 46.8 Å². The second-order valence-corrected chi connectivity index (χ2v) is 8.49. The largest absolute Gasteiger partial charge is 0.416 e. The third-order valence-electron chi connectivity index (χ3n) is 4.22. The third-order valence-corrected chi connectivity index (χ3v) is 5.63. The number of halogens is 4. The smallest absolute Gasteiger partial charge is 0.356 e. The molecule has 0 fully saturated rings. The highest BCUT2D eigenvalue weighted by Gasteiger charge is 2.30. The van der Waals surface area contributed by atoms with Crippen LogP contribution in [0, 0.1) is 0 Å². The lowest BCUT2D eigenvalue weighted by Gasteiger charge is -2.16. The molecule has 1 unspecified atom stereocenters. The lowest BCUT2D eigenvalue weighted by atomic mass is 9.96. The second-order valence-electron chi connectivity index (χ2n) is 6.39. The Hall–Kier alpha value is -1.08. The first kappa shape index (κ1) is 27.9. The van der Waals surface area contributed by atoms with E-state index < -0.39 is 21.8 Å². The second kappa shape index (κ2) is 13.3. The van der Waals surface area contributed by atoms with E-state index in [1.54, 1.807) is 20.0 Å². The topological polar surface area (TPSA) is 82.6 Å². The molecule has 1 aromatic carbocycles. The summed E-state index contributed by atoms with van der Waals surface area (Å²) in [7, 11) is -1.57. The molecule has 0 amide bonds. The Balaban J connectivity index is 0.00000784. The molecule has 0 aromatic heterocycles. The normalized spacial score (nSPS) is 13.5. The molecular formula is C18H30F3IN4O2S. The number of guanidine groups is 1. The minimum Gasteiger partial charge on any atom is -0.356 e. The maximum Gasteiger partial charge on any atom is 0.416 e. The number of rotatable bonds is 10. The fourth-order valence-electron chi connectivity index (χ4n) is 2.44. The summed E-state index contributed by atoms with van der Waals surface area (Å²) < 4.78 is 63.6. The third kappa shape index (κ3) is 11.0. The van der Waals surface area contributed by atoms with Crippen molar-refractivity contribution in [2.24, 2.45) is 4.99 Å². The monoisotopic (exact) mass is 550 g/mol. The van der Waals surface area contributed by atoms with Crippen molar-refractivity contribution < 1.29 is 21.6 Å². The van der Waals surface area contributed by atoms with Gasteiger partial charge in [0.15, 0.2) is 5.96 Å². The number of alkyl halides is 3. The summed E-state index contributed by atoms with van der Waals surface area (Å²) in [6.07, 6.45) is -3.11. The van der Waals surface area contributed by atoms with Crippen molar-refractivity contribution in [1.29, 1.82) is 0 Å². The first-order valence-corrected chi connectivity index (χ1v) is 10.8. The summed E-state index contributed by atoms with van der Waals surface area (Å²) in [5.41, 5.74) is 0.00348. The summed E-state index contributed by atoms with van der Waals surface area (Å²) in [5, 5.41) is 6.18. The van der Waals surface area contributed by atoms with Crippen molar-refractivity contribution in [2.45, 2.75) is 38.8 Å². The van der Waals surface area contributed by atoms with Crippen LogP contribution in [-0.2, 0) is 16.2 Å². The molecule has 168 valence electrons. The van der Waals surface area contributed by atoms with Crippen molar-refractivity contribution in [2.75, 3.05) is 32.4 Å². The van der Waals surface area contributed by atoms with Crippen molar-refractivity contribution >= 4 is 40.0 Å². The Labute approximate surface area is 188 Å². The van der Waals surface area contributed by atoms with Gasteiger partial charge in [0.1, 0.15) is 0 Å². The molecule has 0 spiro atoms. The van der Waals surface area contributed by atoms with E-state index in [4.69, 9.17) is 0 Å². The van der Waals surface area contributed by atoms with Gasteiger partial charge >= 0.3 is 6.18 Å². The van der Waals surface area contributed by atoms with Crippen LogP contribution in [0.3, 0.4) is 0 Å². The quantitative estimate of drug-likeness (QED) is 0.181. The molecule has 0 radical (unpaired) electrons. The zero-order valence-electron chi connectivity index (χ0n) is 16.8. The van der Waals surface area contributed by atoms with Gasteiger partial charge in [-0.3, -0.25) is 4.99 Å². The fourth-order valence-corrected chi connectivity index (χ4v) is 3.10. The molecule has 0 aliphatic heterocycles. The van der Waals surface area contributed by atoms with E-state index in [2.05, 4.69) is 20.3 Å². The minimum atomic E-state index is -4.34. The Morgan fingerprint density at radius 2 is 1.83 bits per heavy atom. The number of benzene rings is 1. The zero-order valence-corrected chi connectivity index (χ0v) is 20.0. The molecule has 0 saturated carbocycles. The lowest BCUT2D eigenvalue weighted by Crippen LogP contribution is -2.39. The lowest BCUT2D eigenvalue weighted by molar-refractivity contribution is -0.137. The van der Waals surface area contributed by atoms with E-state index in [1.807, 2.05) is 6.92 Å². The number of hydrogen-bond donors (Lipinski definition) is 3. The number of aliphatic imine (C=N–C) groups is 1. The predicted octanol–water partition coefficient (Wildman–Crippen LogP) is 3.31. The van der Waals surface area contributed by atoms with Gasteiger partial charge in [-0.25, -0.2) is 13.1 Å². The van der Waals surface area contributed by atoms with E-state index in [1.165, 1.54) is 12.1 Å². The molecule has 1 aromatic rings. The Morgan fingerprint density at radius 1 is 1.17 bits per heavy atom. The number of nitrogens with one attached hydrogen (secondary N) is 3. The highest BCUT2D eigenvalue weighted by atomic mass is 127. The van der Waals surface area contributed by atoms with Gasteiger partial charge < -0.3 is 10.6 Å². The Bertz CT molecular complexity index is 743.